The molecule has 1 N–H and O–H groups in total. The van der Waals surface area contributed by atoms with Crippen LogP contribution in [0.4, 0.5) is 0 Å². The highest BCUT2D eigenvalue weighted by molar-refractivity contribution is 5.81. The smallest absolute Gasteiger partial charge is 0.261 e. The van der Waals surface area contributed by atoms with Gasteiger partial charge in [0.25, 0.3) is 5.91 Å². The lowest BCUT2D eigenvalue weighted by atomic mass is 9.98. The molecule has 0 spiro atoms. The fourth-order valence-corrected chi connectivity index (χ4v) is 3.01. The molecule has 3 aromatic rings. The predicted octanol–water partition coefficient (Wildman–Crippen LogP) is 4.98. The summed E-state index contributed by atoms with van der Waals surface area (Å²) in [5.41, 5.74) is 4.28. The lowest BCUT2D eigenvalue weighted by Crippen LogP contribution is -2.39. The Hall–Kier alpha value is -3.07. The number of hydrogen-bond donors (Lipinski definition) is 1. The Morgan fingerprint density at radius 3 is 1.93 bits per heavy atom. The first-order chi connectivity index (χ1) is 13.1. The van der Waals surface area contributed by atoms with Crippen LogP contribution in [-0.2, 0) is 4.79 Å². The van der Waals surface area contributed by atoms with Crippen LogP contribution < -0.4 is 10.1 Å². The summed E-state index contributed by atoms with van der Waals surface area (Å²) in [4.78, 5) is 12.9. The maximum atomic E-state index is 12.9. The van der Waals surface area contributed by atoms with Crippen molar-refractivity contribution in [3.8, 4) is 5.75 Å². The van der Waals surface area contributed by atoms with Gasteiger partial charge in [-0.05, 0) is 49.1 Å². The van der Waals surface area contributed by atoms with Crippen LogP contribution in [0.2, 0.25) is 0 Å². The zero-order valence-electron chi connectivity index (χ0n) is 16.0. The van der Waals surface area contributed by atoms with Crippen molar-refractivity contribution in [3.05, 3.63) is 101 Å². The van der Waals surface area contributed by atoms with Gasteiger partial charge in [0.2, 0.25) is 0 Å². The molecule has 0 aliphatic rings. The Labute approximate surface area is 161 Å². The van der Waals surface area contributed by atoms with E-state index in [1.165, 1.54) is 0 Å². The SMILES string of the molecule is Cc1cccc(O[C@@H](C)C(=O)NC(c2ccccc2)c2ccccc2)c1C. The third-order valence-electron chi connectivity index (χ3n) is 4.78. The van der Waals surface area contributed by atoms with E-state index in [1.807, 2.05) is 92.7 Å². The van der Waals surface area contributed by atoms with E-state index in [9.17, 15) is 4.79 Å². The van der Waals surface area contributed by atoms with Crippen molar-refractivity contribution in [1.82, 2.24) is 5.32 Å². The molecule has 0 saturated carbocycles. The van der Waals surface area contributed by atoms with E-state index in [-0.39, 0.29) is 11.9 Å². The summed E-state index contributed by atoms with van der Waals surface area (Å²) >= 11 is 0. The molecule has 0 aliphatic heterocycles. The van der Waals surface area contributed by atoms with E-state index in [1.54, 1.807) is 6.92 Å². The van der Waals surface area contributed by atoms with E-state index < -0.39 is 6.10 Å². The largest absolute Gasteiger partial charge is 0.481 e. The molecule has 1 atom stereocenters. The fraction of sp³-hybridized carbons (Fsp3) is 0.208. The molecule has 1 amide bonds. The average Bonchev–Trinajstić information content (AvgIpc) is 2.70. The van der Waals surface area contributed by atoms with Crippen LogP contribution in [0.25, 0.3) is 0 Å². The average molecular weight is 359 g/mol. The van der Waals surface area contributed by atoms with E-state index in [4.69, 9.17) is 4.74 Å². The highest BCUT2D eigenvalue weighted by Gasteiger charge is 2.22. The van der Waals surface area contributed by atoms with Crippen molar-refractivity contribution < 1.29 is 9.53 Å². The van der Waals surface area contributed by atoms with E-state index in [0.29, 0.717) is 0 Å². The number of aryl methyl sites for hydroxylation is 1. The standard InChI is InChI=1S/C24H25NO2/c1-17-11-10-16-22(18(17)2)27-19(3)24(26)25-23(20-12-6-4-7-13-20)21-14-8-5-9-15-21/h4-16,19,23H,1-3H3,(H,25,26)/t19-/m0/s1. The summed E-state index contributed by atoms with van der Waals surface area (Å²) in [6.45, 7) is 5.82. The number of amides is 1. The minimum absolute atomic E-state index is 0.145. The molecule has 3 heteroatoms. The molecule has 3 rings (SSSR count). The second kappa shape index (κ2) is 8.54. The summed E-state index contributed by atoms with van der Waals surface area (Å²) in [5.74, 6) is 0.599. The van der Waals surface area contributed by atoms with E-state index in [2.05, 4.69) is 5.32 Å². The molecule has 0 heterocycles. The van der Waals surface area contributed by atoms with Gasteiger partial charge in [0.1, 0.15) is 5.75 Å². The molecule has 0 bridgehead atoms. The number of benzene rings is 3. The normalized spacial score (nSPS) is 11.9. The molecule has 3 aromatic carbocycles. The number of nitrogens with one attached hydrogen (secondary N) is 1. The molecule has 0 aliphatic carbocycles. The second-order valence-electron chi connectivity index (χ2n) is 6.72. The molecule has 3 nitrogen and oxygen atoms in total. The van der Waals surface area contributed by atoms with Crippen LogP contribution in [0.1, 0.15) is 35.2 Å². The number of carbonyl (C=O) groups is 1. The molecule has 0 radical (unpaired) electrons. The lowest BCUT2D eigenvalue weighted by Gasteiger charge is -2.23. The van der Waals surface area contributed by atoms with Crippen molar-refractivity contribution in [3.63, 3.8) is 0 Å². The van der Waals surface area contributed by atoms with Gasteiger partial charge in [0.15, 0.2) is 6.10 Å². The number of hydrogen-bond acceptors (Lipinski definition) is 2. The minimum atomic E-state index is -0.597. The summed E-state index contributed by atoms with van der Waals surface area (Å²) in [6, 6.07) is 25.6. The maximum Gasteiger partial charge on any atom is 0.261 e. The zero-order valence-corrected chi connectivity index (χ0v) is 16.0. The summed E-state index contributed by atoms with van der Waals surface area (Å²) in [5, 5.41) is 3.14. The van der Waals surface area contributed by atoms with E-state index >= 15 is 0 Å². The fourth-order valence-electron chi connectivity index (χ4n) is 3.01. The zero-order chi connectivity index (χ0) is 19.2. The first-order valence-electron chi connectivity index (χ1n) is 9.19. The van der Waals surface area contributed by atoms with Crippen molar-refractivity contribution in [1.29, 1.82) is 0 Å². The Balaban J connectivity index is 1.79. The van der Waals surface area contributed by atoms with Crippen LogP contribution >= 0.6 is 0 Å². The molecule has 0 aromatic heterocycles. The van der Waals surface area contributed by atoms with Crippen molar-refractivity contribution in [2.45, 2.75) is 32.9 Å². The second-order valence-corrected chi connectivity index (χ2v) is 6.72. The van der Waals surface area contributed by atoms with Crippen LogP contribution in [0, 0.1) is 13.8 Å². The van der Waals surface area contributed by atoms with Gasteiger partial charge in [0, 0.05) is 0 Å². The van der Waals surface area contributed by atoms with Crippen LogP contribution in [0.5, 0.6) is 5.75 Å². The molecule has 0 fully saturated rings. The highest BCUT2D eigenvalue weighted by atomic mass is 16.5. The van der Waals surface area contributed by atoms with Gasteiger partial charge in [0.05, 0.1) is 6.04 Å². The molecule has 138 valence electrons. The van der Waals surface area contributed by atoms with Crippen molar-refractivity contribution >= 4 is 5.91 Å². The van der Waals surface area contributed by atoms with Gasteiger partial charge < -0.3 is 10.1 Å². The Kier molecular flexibility index (Phi) is 5.92. The topological polar surface area (TPSA) is 38.3 Å². The van der Waals surface area contributed by atoms with Gasteiger partial charge in [-0.15, -0.1) is 0 Å². The molecule has 0 unspecified atom stereocenters. The van der Waals surface area contributed by atoms with Crippen LogP contribution in [0.3, 0.4) is 0 Å². The molecular formula is C24H25NO2. The van der Waals surface area contributed by atoms with Gasteiger partial charge in [-0.25, -0.2) is 0 Å². The molecule has 0 saturated heterocycles. The highest BCUT2D eigenvalue weighted by Crippen LogP contribution is 2.24. The van der Waals surface area contributed by atoms with Crippen molar-refractivity contribution in [2.24, 2.45) is 0 Å². The monoisotopic (exact) mass is 359 g/mol. The molecular weight excluding hydrogens is 334 g/mol. The number of ether oxygens (including phenoxy) is 1. The quantitative estimate of drug-likeness (QED) is 0.674. The first-order valence-corrected chi connectivity index (χ1v) is 9.19. The first kappa shape index (κ1) is 18.7. The third-order valence-corrected chi connectivity index (χ3v) is 4.78. The third kappa shape index (κ3) is 4.56. The Bertz CT molecular complexity index is 851. The summed E-state index contributed by atoms with van der Waals surface area (Å²) in [7, 11) is 0. The van der Waals surface area contributed by atoms with Gasteiger partial charge in [-0.1, -0.05) is 72.8 Å². The maximum absolute atomic E-state index is 12.9. The van der Waals surface area contributed by atoms with Crippen LogP contribution in [-0.4, -0.2) is 12.0 Å². The van der Waals surface area contributed by atoms with Gasteiger partial charge in [-0.3, -0.25) is 4.79 Å². The predicted molar refractivity (Wildman–Crippen MR) is 109 cm³/mol. The summed E-state index contributed by atoms with van der Waals surface area (Å²) in [6.07, 6.45) is -0.597. The van der Waals surface area contributed by atoms with Crippen molar-refractivity contribution in [2.75, 3.05) is 0 Å². The number of carbonyl (C=O) groups excluding carboxylic acids is 1. The summed E-state index contributed by atoms with van der Waals surface area (Å²) < 4.78 is 5.95. The van der Waals surface area contributed by atoms with Gasteiger partial charge >= 0.3 is 0 Å². The minimum Gasteiger partial charge on any atom is -0.481 e. The lowest BCUT2D eigenvalue weighted by molar-refractivity contribution is -0.127. The Morgan fingerprint density at radius 1 is 0.815 bits per heavy atom. The van der Waals surface area contributed by atoms with Gasteiger partial charge in [-0.2, -0.15) is 0 Å². The number of rotatable bonds is 6. The van der Waals surface area contributed by atoms with E-state index in [0.717, 1.165) is 28.0 Å². The Morgan fingerprint density at radius 2 is 1.37 bits per heavy atom. The van der Waals surface area contributed by atoms with Crippen LogP contribution in [0.15, 0.2) is 78.9 Å². The molecule has 27 heavy (non-hydrogen) atoms.